The molecule has 2 aliphatic rings. The lowest BCUT2D eigenvalue weighted by Gasteiger charge is -2.15. The molecular weight excluding hydrogens is 222 g/mol. The van der Waals surface area contributed by atoms with Gasteiger partial charge < -0.3 is 0 Å². The zero-order valence-corrected chi connectivity index (χ0v) is 9.08. The van der Waals surface area contributed by atoms with Crippen LogP contribution in [0.2, 0.25) is 0 Å². The largest absolute Gasteiger partial charge is 0.290 e. The molecule has 0 atom stereocenters. The molecule has 0 N–H and O–H groups in total. The molecule has 0 spiro atoms. The van der Waals surface area contributed by atoms with Gasteiger partial charge in [0, 0.05) is 28.5 Å². The maximum absolute atomic E-state index is 11.8. The van der Waals surface area contributed by atoms with Crippen LogP contribution in [0.25, 0.3) is 5.57 Å². The summed E-state index contributed by atoms with van der Waals surface area (Å²) in [6.45, 7) is 0. The first-order valence-corrected chi connectivity index (χ1v) is 5.67. The number of fused-ring (bicyclic) bond motifs is 2. The van der Waals surface area contributed by atoms with Crippen LogP contribution in [0.1, 0.15) is 6.42 Å². The summed E-state index contributed by atoms with van der Waals surface area (Å²) in [5.74, 6) is -0.719. The molecule has 0 amide bonds. The van der Waals surface area contributed by atoms with Gasteiger partial charge in [-0.2, -0.15) is 0 Å². The zero-order valence-electron chi connectivity index (χ0n) is 8.27. The Morgan fingerprint density at radius 3 is 2.88 bits per heavy atom. The second kappa shape index (κ2) is 3.42. The molecule has 78 valence electrons. The van der Waals surface area contributed by atoms with Crippen LogP contribution < -0.4 is 10.6 Å². The lowest BCUT2D eigenvalue weighted by atomic mass is 9.96. The fourth-order valence-corrected chi connectivity index (χ4v) is 2.64. The molecule has 16 heavy (non-hydrogen) atoms. The van der Waals surface area contributed by atoms with Crippen LogP contribution in [0, 0.1) is 0 Å². The monoisotopic (exact) mass is 229 g/mol. The van der Waals surface area contributed by atoms with Crippen LogP contribution in [0.15, 0.2) is 39.6 Å². The first kappa shape index (κ1) is 9.54. The number of allylic oxidation sites excluding steroid dienone is 2. The van der Waals surface area contributed by atoms with Gasteiger partial charge in [-0.15, -0.1) is 0 Å². The first-order valence-electron chi connectivity index (χ1n) is 4.90. The van der Waals surface area contributed by atoms with E-state index in [9.17, 15) is 9.59 Å². The van der Waals surface area contributed by atoms with Crippen LogP contribution in [0.3, 0.4) is 0 Å². The van der Waals surface area contributed by atoms with Crippen LogP contribution in [-0.4, -0.2) is 11.6 Å². The van der Waals surface area contributed by atoms with Crippen molar-refractivity contribution in [2.75, 3.05) is 0 Å². The van der Waals surface area contributed by atoms with E-state index in [1.165, 1.54) is 11.9 Å². The van der Waals surface area contributed by atoms with Gasteiger partial charge in [0.1, 0.15) is 0 Å². The topological polar surface area (TPSA) is 46.5 Å². The summed E-state index contributed by atoms with van der Waals surface area (Å²) in [5.41, 5.74) is 0.520. The lowest BCUT2D eigenvalue weighted by molar-refractivity contribution is -0.133. The Balaban J connectivity index is 2.46. The smallest absolute Gasteiger partial charge is 0.230 e. The van der Waals surface area contributed by atoms with Gasteiger partial charge in [-0.25, -0.2) is 4.40 Å². The number of rotatable bonds is 0. The predicted molar refractivity (Wildman–Crippen MR) is 60.9 cm³/mol. The van der Waals surface area contributed by atoms with Crippen LogP contribution >= 0.6 is 11.9 Å². The molecule has 0 unspecified atom stereocenters. The maximum Gasteiger partial charge on any atom is 0.230 e. The Bertz CT molecular complexity index is 658. The van der Waals surface area contributed by atoms with E-state index in [0.29, 0.717) is 5.57 Å². The molecule has 1 aliphatic carbocycles. The molecule has 0 bridgehead atoms. The maximum atomic E-state index is 11.8. The zero-order chi connectivity index (χ0) is 11.1. The number of hydrogen-bond donors (Lipinski definition) is 0. The molecular formula is C12H7NO2S. The van der Waals surface area contributed by atoms with Crippen molar-refractivity contribution in [2.45, 2.75) is 6.42 Å². The van der Waals surface area contributed by atoms with Gasteiger partial charge in [-0.1, -0.05) is 24.3 Å². The van der Waals surface area contributed by atoms with Crippen molar-refractivity contribution in [3.05, 3.63) is 45.8 Å². The fraction of sp³-hybridized carbons (Fsp3) is 0.0833. The van der Waals surface area contributed by atoms with E-state index >= 15 is 0 Å². The van der Waals surface area contributed by atoms with E-state index in [1.54, 1.807) is 6.08 Å². The van der Waals surface area contributed by atoms with Crippen LogP contribution in [0.4, 0.5) is 0 Å². The minimum Gasteiger partial charge on any atom is -0.290 e. The predicted octanol–water partition coefficient (Wildman–Crippen LogP) is 0.544. The Morgan fingerprint density at radius 2 is 2.00 bits per heavy atom. The molecule has 0 aromatic heterocycles. The van der Waals surface area contributed by atoms with Gasteiger partial charge in [0.15, 0.2) is 0 Å². The van der Waals surface area contributed by atoms with Crippen molar-refractivity contribution >= 4 is 29.1 Å². The summed E-state index contributed by atoms with van der Waals surface area (Å²) >= 11 is 1.27. The Morgan fingerprint density at radius 1 is 1.19 bits per heavy atom. The molecule has 3 nitrogen and oxygen atoms in total. The van der Waals surface area contributed by atoms with E-state index in [1.807, 2.05) is 24.3 Å². The Labute approximate surface area is 95.7 Å². The first-order chi connectivity index (χ1) is 7.77. The summed E-state index contributed by atoms with van der Waals surface area (Å²) in [7, 11) is 0. The van der Waals surface area contributed by atoms with Gasteiger partial charge in [0.05, 0.1) is 10.9 Å². The van der Waals surface area contributed by atoms with E-state index in [4.69, 9.17) is 0 Å². The fourth-order valence-electron chi connectivity index (χ4n) is 1.83. The normalized spacial score (nSPS) is 18.5. The highest BCUT2D eigenvalue weighted by Crippen LogP contribution is 2.31. The van der Waals surface area contributed by atoms with Crippen molar-refractivity contribution in [1.29, 1.82) is 0 Å². The molecule has 0 radical (unpaired) electrons. The summed E-state index contributed by atoms with van der Waals surface area (Å²) in [6, 6.07) is 7.39. The molecule has 4 heteroatoms. The van der Waals surface area contributed by atoms with Crippen molar-refractivity contribution in [1.82, 2.24) is 0 Å². The van der Waals surface area contributed by atoms with Crippen LogP contribution in [0.5, 0.6) is 0 Å². The molecule has 1 heterocycles. The third kappa shape index (κ3) is 1.27. The molecule has 3 rings (SSSR count). The minimum absolute atomic E-state index is 0.197. The van der Waals surface area contributed by atoms with Crippen molar-refractivity contribution in [3.63, 3.8) is 0 Å². The Kier molecular flexibility index (Phi) is 2.04. The van der Waals surface area contributed by atoms with Gasteiger partial charge >= 0.3 is 0 Å². The number of ketones is 2. The lowest BCUT2D eigenvalue weighted by Crippen LogP contribution is -2.35. The average Bonchev–Trinajstić information content (AvgIpc) is 2.33. The van der Waals surface area contributed by atoms with E-state index in [-0.39, 0.29) is 18.0 Å². The second-order valence-electron chi connectivity index (χ2n) is 3.60. The average molecular weight is 229 g/mol. The Hall–Kier alpha value is -1.68. The summed E-state index contributed by atoms with van der Waals surface area (Å²) < 4.78 is 4.30. The quantitative estimate of drug-likeness (QED) is 0.482. The molecule has 1 aliphatic heterocycles. The molecule has 1 aromatic rings. The highest BCUT2D eigenvalue weighted by atomic mass is 32.2. The summed E-state index contributed by atoms with van der Waals surface area (Å²) in [5, 5.41) is 1.54. The molecule has 1 aromatic carbocycles. The third-order valence-electron chi connectivity index (χ3n) is 2.62. The highest BCUT2D eigenvalue weighted by molar-refractivity contribution is 8.02. The number of Topliss-reactive ketones (excluding diaryl/α,β-unsaturated/α-hetero) is 2. The number of hydrogen-bond acceptors (Lipinski definition) is 4. The summed E-state index contributed by atoms with van der Waals surface area (Å²) in [4.78, 5) is 24.1. The molecule has 0 fully saturated rings. The van der Waals surface area contributed by atoms with Crippen molar-refractivity contribution in [2.24, 2.45) is 4.40 Å². The molecule has 0 saturated carbocycles. The van der Waals surface area contributed by atoms with Gasteiger partial charge in [0.25, 0.3) is 0 Å². The van der Waals surface area contributed by atoms with E-state index < -0.39 is 0 Å². The number of carbonyl (C=O) groups excluding carboxylic acids is 2. The standard InChI is InChI=1S/C12H7NO2S/c14-9-5-6-10-11(12(9)15)7-3-1-2-4-8(7)13-16-10/h1-4,6H,5H2. The van der Waals surface area contributed by atoms with E-state index in [2.05, 4.69) is 4.40 Å². The highest BCUT2D eigenvalue weighted by Gasteiger charge is 2.28. The minimum atomic E-state index is -0.382. The van der Waals surface area contributed by atoms with Crippen molar-refractivity contribution in [3.8, 4) is 0 Å². The summed E-state index contributed by atoms with van der Waals surface area (Å²) in [6.07, 6.45) is 1.98. The van der Waals surface area contributed by atoms with Crippen LogP contribution in [-0.2, 0) is 9.59 Å². The van der Waals surface area contributed by atoms with E-state index in [0.717, 1.165) is 15.5 Å². The van der Waals surface area contributed by atoms with Crippen molar-refractivity contribution < 1.29 is 9.59 Å². The van der Waals surface area contributed by atoms with Gasteiger partial charge in [-0.05, 0) is 6.07 Å². The SMILES string of the molecule is O=C1CC=C2SN=c3ccccc3=C2C1=O. The number of carbonyl (C=O) groups is 2. The number of benzene rings is 1. The second-order valence-corrected chi connectivity index (χ2v) is 4.40. The van der Waals surface area contributed by atoms with Gasteiger partial charge in [0.2, 0.25) is 11.6 Å². The number of nitrogens with zero attached hydrogens (tertiary/aromatic N) is 1. The molecule has 0 saturated heterocycles. The third-order valence-corrected chi connectivity index (χ3v) is 3.47. The van der Waals surface area contributed by atoms with Gasteiger partial charge in [-0.3, -0.25) is 9.59 Å².